The molecule has 0 unspecified atom stereocenters. The predicted molar refractivity (Wildman–Crippen MR) is 86.3 cm³/mol. The summed E-state index contributed by atoms with van der Waals surface area (Å²) in [5.74, 6) is 0. The van der Waals surface area contributed by atoms with Gasteiger partial charge in [0.1, 0.15) is 0 Å². The zero-order valence-corrected chi connectivity index (χ0v) is 13.0. The lowest BCUT2D eigenvalue weighted by Gasteiger charge is -2.10. The molecule has 1 aliphatic heterocycles. The Balaban J connectivity index is 1.85. The summed E-state index contributed by atoms with van der Waals surface area (Å²) in [6.45, 7) is 0. The van der Waals surface area contributed by atoms with E-state index in [4.69, 9.17) is 0 Å². The lowest BCUT2D eigenvalue weighted by atomic mass is 10.0. The van der Waals surface area contributed by atoms with Crippen LogP contribution >= 0.6 is 11.3 Å². The molecular formula is C14H15N3O2S2. The summed E-state index contributed by atoms with van der Waals surface area (Å²) in [4.78, 5) is 1.22. The molecule has 2 N–H and O–H groups in total. The molecule has 0 aliphatic carbocycles. The van der Waals surface area contributed by atoms with Crippen molar-refractivity contribution in [2.75, 3.05) is 11.0 Å². The van der Waals surface area contributed by atoms with Gasteiger partial charge in [0, 0.05) is 16.9 Å². The Morgan fingerprint density at radius 1 is 1.29 bits per heavy atom. The van der Waals surface area contributed by atoms with Crippen LogP contribution in [0.15, 0.2) is 46.9 Å². The molecule has 5 nitrogen and oxygen atoms in total. The van der Waals surface area contributed by atoms with Crippen molar-refractivity contribution in [2.24, 2.45) is 5.10 Å². The van der Waals surface area contributed by atoms with Crippen molar-refractivity contribution in [3.8, 4) is 0 Å². The van der Waals surface area contributed by atoms with E-state index in [1.54, 1.807) is 23.5 Å². The maximum Gasteiger partial charge on any atom is 0.229 e. The smallest absolute Gasteiger partial charge is 0.229 e. The van der Waals surface area contributed by atoms with Crippen LogP contribution in [0.4, 0.5) is 5.69 Å². The second-order valence-electron chi connectivity index (χ2n) is 4.88. The zero-order valence-electron chi connectivity index (χ0n) is 11.4. The van der Waals surface area contributed by atoms with E-state index in [2.05, 4.69) is 21.3 Å². The maximum absolute atomic E-state index is 11.5. The average molecular weight is 321 g/mol. The molecule has 1 aromatic carbocycles. The lowest BCUT2D eigenvalue weighted by molar-refractivity contribution is 0.607. The summed E-state index contributed by atoms with van der Waals surface area (Å²) in [5, 5.41) is 6.41. The van der Waals surface area contributed by atoms with E-state index >= 15 is 0 Å². The van der Waals surface area contributed by atoms with E-state index in [1.165, 1.54) is 4.88 Å². The minimum Gasteiger partial charge on any atom is -0.301 e. The molecule has 0 amide bonds. The highest BCUT2D eigenvalue weighted by molar-refractivity contribution is 7.92. The van der Waals surface area contributed by atoms with Crippen LogP contribution in [0.5, 0.6) is 0 Å². The van der Waals surface area contributed by atoms with Gasteiger partial charge in [0.25, 0.3) is 0 Å². The molecule has 0 saturated heterocycles. The molecular weight excluding hydrogens is 306 g/mol. The Bertz CT molecular complexity index is 767. The Morgan fingerprint density at radius 3 is 2.81 bits per heavy atom. The van der Waals surface area contributed by atoms with Crippen LogP contribution in [-0.2, 0) is 10.0 Å². The zero-order chi connectivity index (χ0) is 14.9. The van der Waals surface area contributed by atoms with Gasteiger partial charge < -0.3 is 5.43 Å². The summed E-state index contributed by atoms with van der Waals surface area (Å²) < 4.78 is 25.5. The molecule has 2 heterocycles. The molecule has 0 spiro atoms. The molecule has 0 radical (unpaired) electrons. The molecule has 0 bridgehead atoms. The van der Waals surface area contributed by atoms with Gasteiger partial charge in [0.15, 0.2) is 0 Å². The van der Waals surface area contributed by atoms with Crippen LogP contribution < -0.4 is 10.1 Å². The minimum absolute atomic E-state index is 0.159. The molecule has 1 aliphatic rings. The van der Waals surface area contributed by atoms with Gasteiger partial charge in [-0.05, 0) is 17.5 Å². The largest absolute Gasteiger partial charge is 0.301 e. The van der Waals surface area contributed by atoms with Crippen molar-refractivity contribution in [3.05, 3.63) is 52.2 Å². The Kier molecular flexibility index (Phi) is 3.69. The van der Waals surface area contributed by atoms with E-state index < -0.39 is 10.0 Å². The first-order valence-corrected chi connectivity index (χ1v) is 9.23. The first-order valence-electron chi connectivity index (χ1n) is 6.45. The fourth-order valence-electron chi connectivity index (χ4n) is 2.29. The first kappa shape index (κ1) is 14.1. The molecule has 3 rings (SSSR count). The highest BCUT2D eigenvalue weighted by atomic mass is 32.2. The maximum atomic E-state index is 11.5. The molecule has 1 atom stereocenters. The third-order valence-electron chi connectivity index (χ3n) is 3.17. The number of hydrazone groups is 1. The second-order valence-corrected chi connectivity index (χ2v) is 7.61. The summed E-state index contributed by atoms with van der Waals surface area (Å²) in [6, 6.07) is 11.6. The molecule has 1 aromatic heterocycles. The highest BCUT2D eigenvalue weighted by Gasteiger charge is 2.23. The van der Waals surface area contributed by atoms with Gasteiger partial charge >= 0.3 is 0 Å². The number of sulfonamides is 1. The number of nitrogens with one attached hydrogen (secondary N) is 2. The topological polar surface area (TPSA) is 70.6 Å². The number of hydrogen-bond acceptors (Lipinski definition) is 5. The van der Waals surface area contributed by atoms with Crippen molar-refractivity contribution in [1.29, 1.82) is 0 Å². The van der Waals surface area contributed by atoms with Gasteiger partial charge in [-0.3, -0.25) is 4.72 Å². The Morgan fingerprint density at radius 2 is 2.10 bits per heavy atom. The minimum atomic E-state index is -3.31. The summed E-state index contributed by atoms with van der Waals surface area (Å²) in [6.07, 6.45) is 1.88. The summed E-state index contributed by atoms with van der Waals surface area (Å²) >= 11 is 1.68. The van der Waals surface area contributed by atoms with E-state index in [1.807, 2.05) is 23.6 Å². The van der Waals surface area contributed by atoms with E-state index in [0.717, 1.165) is 24.0 Å². The molecule has 0 fully saturated rings. The van der Waals surface area contributed by atoms with Crippen LogP contribution in [-0.4, -0.2) is 20.4 Å². The van der Waals surface area contributed by atoms with Crippen LogP contribution in [0.25, 0.3) is 0 Å². The molecule has 110 valence electrons. The van der Waals surface area contributed by atoms with E-state index in [-0.39, 0.29) is 6.04 Å². The fourth-order valence-corrected chi connectivity index (χ4v) is 3.64. The van der Waals surface area contributed by atoms with Crippen LogP contribution in [0.2, 0.25) is 0 Å². The first-order chi connectivity index (χ1) is 10.0. The SMILES string of the molecule is CS(=O)(=O)Nc1ccccc1C1=NN[C@@H](c2cccs2)C1. The number of thiophene rings is 1. The quantitative estimate of drug-likeness (QED) is 0.909. The molecule has 0 saturated carbocycles. The molecule has 2 aromatic rings. The number of para-hydroxylation sites is 1. The highest BCUT2D eigenvalue weighted by Crippen LogP contribution is 2.29. The van der Waals surface area contributed by atoms with E-state index in [0.29, 0.717) is 5.69 Å². The summed E-state index contributed by atoms with van der Waals surface area (Å²) in [5.41, 5.74) is 5.36. The van der Waals surface area contributed by atoms with Crippen molar-refractivity contribution >= 4 is 32.8 Å². The van der Waals surface area contributed by atoms with Crippen LogP contribution in [0, 0.1) is 0 Å². The third kappa shape index (κ3) is 3.25. The van der Waals surface area contributed by atoms with Gasteiger partial charge in [0.05, 0.1) is 23.7 Å². The monoisotopic (exact) mass is 321 g/mol. The molecule has 21 heavy (non-hydrogen) atoms. The Hall–Kier alpha value is -1.86. The number of nitrogens with zero attached hydrogens (tertiary/aromatic N) is 1. The van der Waals surface area contributed by atoms with Crippen molar-refractivity contribution < 1.29 is 8.42 Å². The number of hydrogen-bond donors (Lipinski definition) is 2. The number of rotatable bonds is 4. The van der Waals surface area contributed by atoms with E-state index in [9.17, 15) is 8.42 Å². The van der Waals surface area contributed by atoms with Crippen LogP contribution in [0.1, 0.15) is 22.9 Å². The molecule has 7 heteroatoms. The van der Waals surface area contributed by atoms with Gasteiger partial charge in [-0.15, -0.1) is 11.3 Å². The van der Waals surface area contributed by atoms with Crippen molar-refractivity contribution in [3.63, 3.8) is 0 Å². The third-order valence-corrected chi connectivity index (χ3v) is 4.75. The van der Waals surface area contributed by atoms with Gasteiger partial charge in [-0.25, -0.2) is 8.42 Å². The van der Waals surface area contributed by atoms with Gasteiger partial charge in [0.2, 0.25) is 10.0 Å². The number of anilines is 1. The fraction of sp³-hybridized carbons (Fsp3) is 0.214. The second kappa shape index (κ2) is 5.50. The van der Waals surface area contributed by atoms with Crippen molar-refractivity contribution in [1.82, 2.24) is 5.43 Å². The van der Waals surface area contributed by atoms with Crippen LogP contribution in [0.3, 0.4) is 0 Å². The Labute approximate surface area is 127 Å². The standard InChI is InChI=1S/C14H15N3O2S2/c1-21(18,19)17-11-6-3-2-5-10(11)12-9-13(16-15-12)14-7-4-8-20-14/h2-8,13,16-17H,9H2,1H3/t13-/m1/s1. The summed E-state index contributed by atoms with van der Waals surface area (Å²) in [7, 11) is -3.31. The van der Waals surface area contributed by atoms with Gasteiger partial charge in [-0.1, -0.05) is 24.3 Å². The van der Waals surface area contributed by atoms with Gasteiger partial charge in [-0.2, -0.15) is 5.10 Å². The lowest BCUT2D eigenvalue weighted by Crippen LogP contribution is -2.13. The predicted octanol–water partition coefficient (Wildman–Crippen LogP) is 2.56. The number of benzene rings is 1. The van der Waals surface area contributed by atoms with Crippen molar-refractivity contribution in [2.45, 2.75) is 12.5 Å². The normalized spacial score (nSPS) is 18.1. The average Bonchev–Trinajstić information content (AvgIpc) is 3.08.